The van der Waals surface area contributed by atoms with Crippen molar-refractivity contribution in [2.45, 2.75) is 19.4 Å². The zero-order valence-electron chi connectivity index (χ0n) is 20.3. The van der Waals surface area contributed by atoms with Crippen molar-refractivity contribution in [3.05, 3.63) is 48.4 Å². The Balaban J connectivity index is 1.34. The Kier molecular flexibility index (Phi) is 7.63. The highest BCUT2D eigenvalue weighted by molar-refractivity contribution is 7.92. The molecule has 12 heteroatoms. The number of amides is 1. The van der Waals surface area contributed by atoms with Gasteiger partial charge in [0, 0.05) is 31.6 Å². The summed E-state index contributed by atoms with van der Waals surface area (Å²) in [6.07, 6.45) is 1.60. The second-order valence-corrected chi connectivity index (χ2v) is 10.2. The van der Waals surface area contributed by atoms with Gasteiger partial charge >= 0.3 is 0 Å². The van der Waals surface area contributed by atoms with E-state index in [2.05, 4.69) is 10.1 Å². The summed E-state index contributed by atoms with van der Waals surface area (Å²) in [5, 5.41) is 3.98. The normalized spacial score (nSPS) is 12.8. The lowest BCUT2D eigenvalue weighted by molar-refractivity contribution is -0.130. The second-order valence-electron chi connectivity index (χ2n) is 8.26. The molecule has 192 valence electrons. The average molecular weight is 517 g/mol. The fourth-order valence-electron chi connectivity index (χ4n) is 3.73. The van der Waals surface area contributed by atoms with Crippen LogP contribution < -0.4 is 18.5 Å². The highest BCUT2D eigenvalue weighted by Crippen LogP contribution is 2.34. The van der Waals surface area contributed by atoms with Crippen LogP contribution in [0, 0.1) is 0 Å². The first-order valence-corrected chi connectivity index (χ1v) is 13.2. The van der Waals surface area contributed by atoms with Gasteiger partial charge in [-0.2, -0.15) is 4.98 Å². The van der Waals surface area contributed by atoms with E-state index < -0.39 is 10.0 Å². The van der Waals surface area contributed by atoms with Gasteiger partial charge in [-0.1, -0.05) is 17.3 Å². The summed E-state index contributed by atoms with van der Waals surface area (Å²) in [6, 6.07) is 12.3. The standard InChI is InChI=1S/C24H28N4O7S/c1-27(16-22-25-24(26-35-22)17-6-4-7-19(14-17)32-2)23(29)8-5-11-28(36(3,30)31)18-9-10-20-21(15-18)34-13-12-33-20/h4,6-7,9-10,14-15H,5,8,11-13,16H2,1-3H3. The van der Waals surface area contributed by atoms with Gasteiger partial charge in [0.25, 0.3) is 0 Å². The summed E-state index contributed by atoms with van der Waals surface area (Å²) in [5.41, 5.74) is 1.19. The minimum Gasteiger partial charge on any atom is -0.497 e. The lowest BCUT2D eigenvalue weighted by Gasteiger charge is -2.25. The van der Waals surface area contributed by atoms with E-state index in [9.17, 15) is 13.2 Å². The van der Waals surface area contributed by atoms with Crippen LogP contribution in [0.4, 0.5) is 5.69 Å². The van der Waals surface area contributed by atoms with Gasteiger partial charge in [0.1, 0.15) is 19.0 Å². The number of benzene rings is 2. The summed E-state index contributed by atoms with van der Waals surface area (Å²) < 4.78 is 47.7. The van der Waals surface area contributed by atoms with Crippen LogP contribution in [0.3, 0.4) is 0 Å². The Hall–Kier alpha value is -3.80. The summed E-state index contributed by atoms with van der Waals surface area (Å²) in [6.45, 7) is 1.12. The van der Waals surface area contributed by atoms with Gasteiger partial charge in [0.05, 0.1) is 25.6 Å². The smallest absolute Gasteiger partial charge is 0.246 e. The molecule has 1 amide bonds. The number of ether oxygens (including phenoxy) is 3. The number of rotatable bonds is 10. The molecule has 11 nitrogen and oxygen atoms in total. The van der Waals surface area contributed by atoms with E-state index >= 15 is 0 Å². The van der Waals surface area contributed by atoms with Crippen molar-refractivity contribution in [1.82, 2.24) is 15.0 Å². The molecule has 1 aromatic heterocycles. The number of sulfonamides is 1. The first kappa shape index (κ1) is 25.3. The number of anilines is 1. The summed E-state index contributed by atoms with van der Waals surface area (Å²) in [5.74, 6) is 2.25. The lowest BCUT2D eigenvalue weighted by atomic mass is 10.2. The van der Waals surface area contributed by atoms with E-state index in [0.29, 0.717) is 48.4 Å². The quantitative estimate of drug-likeness (QED) is 0.400. The van der Waals surface area contributed by atoms with E-state index in [-0.39, 0.29) is 31.3 Å². The average Bonchev–Trinajstić information content (AvgIpc) is 3.34. The molecule has 3 aromatic rings. The van der Waals surface area contributed by atoms with E-state index in [1.54, 1.807) is 38.4 Å². The van der Waals surface area contributed by atoms with Gasteiger partial charge in [-0.15, -0.1) is 0 Å². The van der Waals surface area contributed by atoms with Crippen LogP contribution in [0.5, 0.6) is 17.2 Å². The zero-order chi connectivity index (χ0) is 25.7. The molecule has 1 aliphatic rings. The third kappa shape index (κ3) is 6.06. The van der Waals surface area contributed by atoms with Gasteiger partial charge < -0.3 is 23.6 Å². The zero-order valence-corrected chi connectivity index (χ0v) is 21.2. The third-order valence-corrected chi connectivity index (χ3v) is 6.75. The summed E-state index contributed by atoms with van der Waals surface area (Å²) in [7, 11) is -0.362. The largest absolute Gasteiger partial charge is 0.497 e. The number of carbonyl (C=O) groups excluding carboxylic acids is 1. The molecule has 0 N–H and O–H groups in total. The predicted molar refractivity (Wildman–Crippen MR) is 132 cm³/mol. The predicted octanol–water partition coefficient (Wildman–Crippen LogP) is 2.72. The fourth-order valence-corrected chi connectivity index (χ4v) is 4.69. The van der Waals surface area contributed by atoms with Gasteiger partial charge in [-0.05, 0) is 30.7 Å². The molecule has 0 radical (unpaired) electrons. The number of hydrogen-bond donors (Lipinski definition) is 0. The van der Waals surface area contributed by atoms with Crippen molar-refractivity contribution in [2.75, 3.05) is 44.5 Å². The first-order valence-electron chi connectivity index (χ1n) is 11.3. The summed E-state index contributed by atoms with van der Waals surface area (Å²) in [4.78, 5) is 18.5. The van der Waals surface area contributed by atoms with Crippen LogP contribution in [0.15, 0.2) is 47.0 Å². The molecule has 0 saturated heterocycles. The van der Waals surface area contributed by atoms with E-state index in [1.807, 2.05) is 18.2 Å². The Labute approximate surface area is 209 Å². The Morgan fingerprint density at radius 3 is 2.64 bits per heavy atom. The maximum atomic E-state index is 12.7. The SMILES string of the molecule is COc1cccc(-c2noc(CN(C)C(=O)CCCN(c3ccc4c(c3)OCCO4)S(C)(=O)=O)n2)c1. The topological polar surface area (TPSA) is 124 Å². The Bertz CT molecular complexity index is 1330. The third-order valence-electron chi connectivity index (χ3n) is 5.56. The maximum absolute atomic E-state index is 12.7. The van der Waals surface area contributed by atoms with Crippen LogP contribution in [0.1, 0.15) is 18.7 Å². The number of aromatic nitrogens is 2. The van der Waals surface area contributed by atoms with Crippen LogP contribution in [0.2, 0.25) is 0 Å². The van der Waals surface area contributed by atoms with Crippen LogP contribution in [-0.4, -0.2) is 69.5 Å². The molecule has 4 rings (SSSR count). The van der Waals surface area contributed by atoms with Crippen molar-refractivity contribution in [3.63, 3.8) is 0 Å². The van der Waals surface area contributed by atoms with Crippen molar-refractivity contribution < 1.29 is 31.9 Å². The van der Waals surface area contributed by atoms with Crippen molar-refractivity contribution >= 4 is 21.6 Å². The molecule has 0 aliphatic carbocycles. The second kappa shape index (κ2) is 10.9. The molecule has 0 unspecified atom stereocenters. The molecule has 0 bridgehead atoms. The monoisotopic (exact) mass is 516 g/mol. The van der Waals surface area contributed by atoms with E-state index in [4.69, 9.17) is 18.7 Å². The molecule has 1 aliphatic heterocycles. The lowest BCUT2D eigenvalue weighted by Crippen LogP contribution is -2.32. The van der Waals surface area contributed by atoms with Crippen molar-refractivity contribution in [1.29, 1.82) is 0 Å². The molecule has 0 spiro atoms. The molecule has 0 fully saturated rings. The van der Waals surface area contributed by atoms with E-state index in [1.165, 1.54) is 9.21 Å². The molecular weight excluding hydrogens is 488 g/mol. The number of fused-ring (bicyclic) bond motifs is 1. The van der Waals surface area contributed by atoms with Gasteiger partial charge in [-0.3, -0.25) is 9.10 Å². The first-order chi connectivity index (χ1) is 17.2. The van der Waals surface area contributed by atoms with E-state index in [0.717, 1.165) is 11.8 Å². The van der Waals surface area contributed by atoms with Crippen LogP contribution in [-0.2, 0) is 21.4 Å². The highest BCUT2D eigenvalue weighted by atomic mass is 32.2. The highest BCUT2D eigenvalue weighted by Gasteiger charge is 2.22. The minimum atomic E-state index is -3.57. The molecule has 36 heavy (non-hydrogen) atoms. The summed E-state index contributed by atoms with van der Waals surface area (Å²) >= 11 is 0. The van der Waals surface area contributed by atoms with Gasteiger partial charge in [-0.25, -0.2) is 8.42 Å². The molecular formula is C24H28N4O7S. The van der Waals surface area contributed by atoms with Crippen molar-refractivity contribution in [3.8, 4) is 28.6 Å². The van der Waals surface area contributed by atoms with Crippen LogP contribution >= 0.6 is 0 Å². The fraction of sp³-hybridized carbons (Fsp3) is 0.375. The maximum Gasteiger partial charge on any atom is 0.246 e. The number of carbonyl (C=O) groups is 1. The Morgan fingerprint density at radius 1 is 1.11 bits per heavy atom. The number of methoxy groups -OCH3 is 1. The van der Waals surface area contributed by atoms with Gasteiger partial charge in [0.2, 0.25) is 27.6 Å². The number of nitrogens with zero attached hydrogens (tertiary/aromatic N) is 4. The molecule has 0 atom stereocenters. The molecule has 2 heterocycles. The molecule has 0 saturated carbocycles. The minimum absolute atomic E-state index is 0.133. The molecule has 2 aromatic carbocycles. The van der Waals surface area contributed by atoms with Crippen LogP contribution in [0.25, 0.3) is 11.4 Å². The van der Waals surface area contributed by atoms with Gasteiger partial charge in [0.15, 0.2) is 11.5 Å². The van der Waals surface area contributed by atoms with Crippen molar-refractivity contribution in [2.24, 2.45) is 0 Å². The Morgan fingerprint density at radius 2 is 1.89 bits per heavy atom. The number of hydrogen-bond acceptors (Lipinski definition) is 9.